The van der Waals surface area contributed by atoms with E-state index in [4.69, 9.17) is 16.3 Å². The Hall–Kier alpha value is -2.58. The summed E-state index contributed by atoms with van der Waals surface area (Å²) >= 11 is 6.06. The van der Waals surface area contributed by atoms with Crippen LogP contribution in [0.3, 0.4) is 0 Å². The number of anilines is 2. The van der Waals surface area contributed by atoms with Crippen LogP contribution in [0.1, 0.15) is 6.92 Å². The number of rotatable bonds is 6. The monoisotopic (exact) mass is 391 g/mol. The average Bonchev–Trinajstić information content (AvgIpc) is 2.66. The minimum atomic E-state index is -0.397. The van der Waals surface area contributed by atoms with Crippen molar-refractivity contribution >= 4 is 28.9 Å². The summed E-state index contributed by atoms with van der Waals surface area (Å²) in [6, 6.07) is 7.31. The highest BCUT2D eigenvalue weighted by Crippen LogP contribution is 2.21. The minimum Gasteiger partial charge on any atom is -0.494 e. The smallest absolute Gasteiger partial charge is 0.285 e. The van der Waals surface area contributed by atoms with Crippen LogP contribution in [0.25, 0.3) is 0 Å². The molecule has 0 atom stereocenters. The first-order valence-corrected chi connectivity index (χ1v) is 9.18. The van der Waals surface area contributed by atoms with Gasteiger partial charge in [-0.05, 0) is 31.2 Å². The summed E-state index contributed by atoms with van der Waals surface area (Å²) in [7, 11) is 0. The van der Waals surface area contributed by atoms with Crippen molar-refractivity contribution in [3.05, 3.63) is 45.8 Å². The van der Waals surface area contributed by atoms with Gasteiger partial charge < -0.3 is 15.0 Å². The molecule has 0 radical (unpaired) electrons. The normalized spacial score (nSPS) is 14.8. The molecule has 27 heavy (non-hydrogen) atoms. The zero-order valence-corrected chi connectivity index (χ0v) is 15.8. The van der Waals surface area contributed by atoms with Crippen LogP contribution in [0.2, 0.25) is 5.02 Å². The van der Waals surface area contributed by atoms with E-state index in [1.807, 2.05) is 36.1 Å². The molecule has 1 saturated heterocycles. The maximum atomic E-state index is 12.3. The Kier molecular flexibility index (Phi) is 6.31. The molecule has 2 aromatic rings. The van der Waals surface area contributed by atoms with E-state index in [9.17, 15) is 9.59 Å². The molecule has 2 heterocycles. The maximum Gasteiger partial charge on any atom is 0.285 e. The second kappa shape index (κ2) is 8.88. The van der Waals surface area contributed by atoms with Crippen LogP contribution in [0.4, 0.5) is 11.4 Å². The van der Waals surface area contributed by atoms with E-state index in [1.54, 1.807) is 6.20 Å². The highest BCUT2D eigenvalue weighted by Gasteiger charge is 2.21. The second-order valence-corrected chi connectivity index (χ2v) is 6.55. The van der Waals surface area contributed by atoms with Gasteiger partial charge in [-0.25, -0.2) is 5.10 Å². The lowest BCUT2D eigenvalue weighted by Crippen LogP contribution is -2.49. The van der Waals surface area contributed by atoms with E-state index in [-0.39, 0.29) is 10.9 Å². The van der Waals surface area contributed by atoms with Gasteiger partial charge >= 0.3 is 0 Å². The van der Waals surface area contributed by atoms with Gasteiger partial charge in [0.25, 0.3) is 5.56 Å². The summed E-state index contributed by atoms with van der Waals surface area (Å²) in [5, 5.41) is 9.15. The lowest BCUT2D eigenvalue weighted by Gasteiger charge is -2.35. The molecule has 0 saturated carbocycles. The van der Waals surface area contributed by atoms with E-state index in [0.29, 0.717) is 45.0 Å². The number of ether oxygens (including phenoxy) is 1. The average molecular weight is 392 g/mol. The summed E-state index contributed by atoms with van der Waals surface area (Å²) < 4.78 is 5.39. The Morgan fingerprint density at radius 2 is 1.96 bits per heavy atom. The van der Waals surface area contributed by atoms with Crippen molar-refractivity contribution in [2.75, 3.05) is 49.5 Å². The van der Waals surface area contributed by atoms with Crippen molar-refractivity contribution in [3.8, 4) is 5.75 Å². The highest BCUT2D eigenvalue weighted by atomic mass is 35.5. The van der Waals surface area contributed by atoms with Crippen LogP contribution in [0, 0.1) is 0 Å². The molecule has 0 aliphatic carbocycles. The molecule has 1 amide bonds. The van der Waals surface area contributed by atoms with Crippen LogP contribution in [0.15, 0.2) is 35.3 Å². The summed E-state index contributed by atoms with van der Waals surface area (Å²) in [4.78, 5) is 27.9. The number of carbonyl (C=O) groups is 1. The fraction of sp³-hybridized carbons (Fsp3) is 0.389. The molecule has 9 heteroatoms. The zero-order chi connectivity index (χ0) is 19.2. The highest BCUT2D eigenvalue weighted by molar-refractivity contribution is 6.33. The number of carbonyl (C=O) groups excluding carboxylic acids is 1. The Balaban J connectivity index is 1.49. The molecular formula is C18H22ClN5O3. The molecule has 2 N–H and O–H groups in total. The number of amides is 1. The van der Waals surface area contributed by atoms with Gasteiger partial charge in [-0.3, -0.25) is 14.5 Å². The quantitative estimate of drug-likeness (QED) is 0.777. The Bertz CT molecular complexity index is 832. The predicted molar refractivity (Wildman–Crippen MR) is 105 cm³/mol. The van der Waals surface area contributed by atoms with E-state index in [0.717, 1.165) is 11.4 Å². The van der Waals surface area contributed by atoms with Gasteiger partial charge in [-0.1, -0.05) is 11.6 Å². The minimum absolute atomic E-state index is 0.0662. The zero-order valence-electron chi connectivity index (χ0n) is 15.1. The molecule has 0 spiro atoms. The number of aromatic nitrogens is 2. The van der Waals surface area contributed by atoms with Crippen LogP contribution in [-0.4, -0.2) is 60.3 Å². The number of nitrogens with one attached hydrogen (secondary N) is 2. The molecule has 1 aliphatic heterocycles. The first kappa shape index (κ1) is 19.2. The molecule has 1 aliphatic rings. The first-order chi connectivity index (χ1) is 13.1. The van der Waals surface area contributed by atoms with Crippen molar-refractivity contribution in [1.29, 1.82) is 0 Å². The summed E-state index contributed by atoms with van der Waals surface area (Å²) in [5.41, 5.74) is 0.966. The van der Waals surface area contributed by atoms with E-state index >= 15 is 0 Å². The van der Waals surface area contributed by atoms with Gasteiger partial charge in [0, 0.05) is 31.9 Å². The number of benzene rings is 1. The third-order valence-corrected chi connectivity index (χ3v) is 4.67. The lowest BCUT2D eigenvalue weighted by atomic mass is 10.2. The van der Waals surface area contributed by atoms with E-state index in [2.05, 4.69) is 20.4 Å². The van der Waals surface area contributed by atoms with Crippen molar-refractivity contribution in [2.24, 2.45) is 0 Å². The number of aromatic amines is 1. The fourth-order valence-corrected chi connectivity index (χ4v) is 3.16. The second-order valence-electron chi connectivity index (χ2n) is 6.17. The molecule has 3 rings (SSSR count). The lowest BCUT2D eigenvalue weighted by molar-refractivity contribution is -0.117. The predicted octanol–water partition coefficient (Wildman–Crippen LogP) is 1.58. The van der Waals surface area contributed by atoms with Crippen LogP contribution >= 0.6 is 11.6 Å². The summed E-state index contributed by atoms with van der Waals surface area (Å²) in [6.45, 7) is 5.57. The van der Waals surface area contributed by atoms with E-state index < -0.39 is 5.56 Å². The third-order valence-electron chi connectivity index (χ3n) is 4.31. The number of halogens is 1. The number of H-pyrrole nitrogens is 1. The molecule has 8 nitrogen and oxygen atoms in total. The molecule has 1 fully saturated rings. The Labute approximate surface area is 162 Å². The fourth-order valence-electron chi connectivity index (χ4n) is 2.95. The molecular weight excluding hydrogens is 370 g/mol. The number of piperazine rings is 1. The first-order valence-electron chi connectivity index (χ1n) is 8.80. The molecule has 144 valence electrons. The largest absolute Gasteiger partial charge is 0.494 e. The third kappa shape index (κ3) is 4.99. The van der Waals surface area contributed by atoms with Crippen LogP contribution < -0.4 is 20.5 Å². The van der Waals surface area contributed by atoms with Gasteiger partial charge in [0.1, 0.15) is 10.8 Å². The van der Waals surface area contributed by atoms with Crippen molar-refractivity contribution in [2.45, 2.75) is 6.92 Å². The molecule has 1 aromatic heterocycles. The van der Waals surface area contributed by atoms with Crippen molar-refractivity contribution in [1.82, 2.24) is 15.1 Å². The molecule has 0 bridgehead atoms. The van der Waals surface area contributed by atoms with Crippen molar-refractivity contribution < 1.29 is 9.53 Å². The van der Waals surface area contributed by atoms with E-state index in [1.165, 1.54) is 0 Å². The standard InChI is InChI=1S/C18H22ClN5O3/c1-2-27-14-5-3-13(4-6-14)21-16(25)12-23-7-9-24(10-8-23)15-11-20-22-18(26)17(15)19/h3-6,11H,2,7-10,12H2,1H3,(H,21,25)(H,22,26). The topological polar surface area (TPSA) is 90.6 Å². The molecule has 0 unspecified atom stereocenters. The summed E-state index contributed by atoms with van der Waals surface area (Å²) in [6.07, 6.45) is 1.55. The SMILES string of the molecule is CCOc1ccc(NC(=O)CN2CCN(c3cn[nH]c(=O)c3Cl)CC2)cc1. The van der Waals surface area contributed by atoms with Gasteiger partial charge in [-0.15, -0.1) is 0 Å². The summed E-state index contributed by atoms with van der Waals surface area (Å²) in [5.74, 6) is 0.711. The van der Waals surface area contributed by atoms with Gasteiger partial charge in [0.15, 0.2) is 0 Å². The van der Waals surface area contributed by atoms with Gasteiger partial charge in [-0.2, -0.15) is 5.10 Å². The van der Waals surface area contributed by atoms with Gasteiger partial charge in [0.05, 0.1) is 25.0 Å². The number of hydrogen-bond acceptors (Lipinski definition) is 6. The van der Waals surface area contributed by atoms with Crippen LogP contribution in [0.5, 0.6) is 5.75 Å². The number of hydrogen-bond donors (Lipinski definition) is 2. The Morgan fingerprint density at radius 1 is 1.26 bits per heavy atom. The van der Waals surface area contributed by atoms with Crippen LogP contribution in [-0.2, 0) is 4.79 Å². The molecule has 1 aromatic carbocycles. The maximum absolute atomic E-state index is 12.3. The number of nitrogens with zero attached hydrogens (tertiary/aromatic N) is 3. The van der Waals surface area contributed by atoms with Gasteiger partial charge in [0.2, 0.25) is 5.91 Å². The van der Waals surface area contributed by atoms with Crippen molar-refractivity contribution in [3.63, 3.8) is 0 Å². The Morgan fingerprint density at radius 3 is 2.63 bits per heavy atom.